The van der Waals surface area contributed by atoms with Crippen molar-refractivity contribution in [2.75, 3.05) is 6.54 Å². The molecule has 0 unspecified atom stereocenters. The molecule has 0 radical (unpaired) electrons. The van der Waals surface area contributed by atoms with Gasteiger partial charge in [0.25, 0.3) is 0 Å². The highest BCUT2D eigenvalue weighted by atomic mass is 16.1. The van der Waals surface area contributed by atoms with Gasteiger partial charge in [-0.15, -0.1) is 0 Å². The highest BCUT2D eigenvalue weighted by molar-refractivity contribution is 5.87. The minimum atomic E-state index is -0.357. The van der Waals surface area contributed by atoms with Gasteiger partial charge in [-0.3, -0.25) is 4.79 Å². The molecule has 13 heavy (non-hydrogen) atoms. The van der Waals surface area contributed by atoms with Crippen LogP contribution in [0.15, 0.2) is 24.3 Å². The zero-order valence-corrected chi connectivity index (χ0v) is 8.50. The minimum Gasteiger partial charge on any atom is -0.351 e. The van der Waals surface area contributed by atoms with Crippen LogP contribution < -0.4 is 11.1 Å². The SMILES string of the molecule is C/C=C/C=CC(=O)NCC(C)(C)N. The van der Waals surface area contributed by atoms with Gasteiger partial charge in [0, 0.05) is 18.2 Å². The number of allylic oxidation sites excluding steroid dienone is 3. The van der Waals surface area contributed by atoms with Crippen molar-refractivity contribution in [2.45, 2.75) is 26.3 Å². The summed E-state index contributed by atoms with van der Waals surface area (Å²) in [4.78, 5) is 11.1. The summed E-state index contributed by atoms with van der Waals surface area (Å²) in [6, 6.07) is 0. The molecule has 0 saturated heterocycles. The fourth-order valence-electron chi connectivity index (χ4n) is 0.628. The van der Waals surface area contributed by atoms with Crippen LogP contribution in [0.1, 0.15) is 20.8 Å². The Balaban J connectivity index is 3.76. The Morgan fingerprint density at radius 2 is 2.08 bits per heavy atom. The second-order valence-electron chi connectivity index (χ2n) is 3.59. The fourth-order valence-corrected chi connectivity index (χ4v) is 0.628. The summed E-state index contributed by atoms with van der Waals surface area (Å²) >= 11 is 0. The predicted octanol–water partition coefficient (Wildman–Crippen LogP) is 0.972. The number of carbonyl (C=O) groups is 1. The first-order valence-electron chi connectivity index (χ1n) is 4.32. The Labute approximate surface area is 79.7 Å². The molecule has 0 aromatic carbocycles. The topological polar surface area (TPSA) is 55.1 Å². The van der Waals surface area contributed by atoms with E-state index in [-0.39, 0.29) is 11.4 Å². The van der Waals surface area contributed by atoms with E-state index in [9.17, 15) is 4.79 Å². The molecular weight excluding hydrogens is 164 g/mol. The Morgan fingerprint density at radius 1 is 1.46 bits per heavy atom. The van der Waals surface area contributed by atoms with Crippen molar-refractivity contribution in [3.63, 3.8) is 0 Å². The van der Waals surface area contributed by atoms with Crippen LogP contribution in [0.4, 0.5) is 0 Å². The van der Waals surface area contributed by atoms with Crippen molar-refractivity contribution in [3.05, 3.63) is 24.3 Å². The van der Waals surface area contributed by atoms with Crippen molar-refractivity contribution in [1.29, 1.82) is 0 Å². The second-order valence-corrected chi connectivity index (χ2v) is 3.59. The first-order valence-corrected chi connectivity index (χ1v) is 4.32. The molecular formula is C10H18N2O. The van der Waals surface area contributed by atoms with Gasteiger partial charge in [0.2, 0.25) is 5.91 Å². The molecule has 0 atom stereocenters. The van der Waals surface area contributed by atoms with E-state index in [1.807, 2.05) is 26.8 Å². The van der Waals surface area contributed by atoms with Crippen LogP contribution in [0.25, 0.3) is 0 Å². The Hall–Kier alpha value is -1.09. The van der Waals surface area contributed by atoms with Crippen LogP contribution in [0, 0.1) is 0 Å². The third-order valence-corrected chi connectivity index (χ3v) is 1.27. The fraction of sp³-hybridized carbons (Fsp3) is 0.500. The van der Waals surface area contributed by atoms with Crippen molar-refractivity contribution in [2.24, 2.45) is 5.73 Å². The smallest absolute Gasteiger partial charge is 0.244 e. The van der Waals surface area contributed by atoms with Gasteiger partial charge >= 0.3 is 0 Å². The van der Waals surface area contributed by atoms with E-state index < -0.39 is 0 Å². The van der Waals surface area contributed by atoms with E-state index in [4.69, 9.17) is 5.73 Å². The number of amides is 1. The van der Waals surface area contributed by atoms with E-state index in [1.54, 1.807) is 12.2 Å². The zero-order chi connectivity index (χ0) is 10.3. The van der Waals surface area contributed by atoms with Crippen molar-refractivity contribution in [1.82, 2.24) is 5.32 Å². The van der Waals surface area contributed by atoms with Gasteiger partial charge in [-0.05, 0) is 20.8 Å². The lowest BCUT2D eigenvalue weighted by molar-refractivity contribution is -0.116. The summed E-state index contributed by atoms with van der Waals surface area (Å²) < 4.78 is 0. The van der Waals surface area contributed by atoms with Crippen molar-refractivity contribution < 1.29 is 4.79 Å². The molecule has 0 aliphatic rings. The van der Waals surface area contributed by atoms with Crippen molar-refractivity contribution in [3.8, 4) is 0 Å². The number of hydrogen-bond donors (Lipinski definition) is 2. The maximum absolute atomic E-state index is 11.1. The van der Waals surface area contributed by atoms with E-state index in [0.29, 0.717) is 6.54 Å². The number of nitrogens with one attached hydrogen (secondary N) is 1. The van der Waals surface area contributed by atoms with Crippen LogP contribution >= 0.6 is 0 Å². The minimum absolute atomic E-state index is 0.114. The summed E-state index contributed by atoms with van der Waals surface area (Å²) in [6.45, 7) is 6.10. The van der Waals surface area contributed by atoms with Gasteiger partial charge in [0.1, 0.15) is 0 Å². The van der Waals surface area contributed by atoms with Gasteiger partial charge in [-0.25, -0.2) is 0 Å². The van der Waals surface area contributed by atoms with Crippen LogP contribution in [-0.4, -0.2) is 18.0 Å². The molecule has 0 aliphatic carbocycles. The summed E-state index contributed by atoms with van der Waals surface area (Å²) in [5.74, 6) is -0.114. The van der Waals surface area contributed by atoms with Gasteiger partial charge in [0.15, 0.2) is 0 Å². The summed E-state index contributed by atoms with van der Waals surface area (Å²) in [6.07, 6.45) is 6.83. The summed E-state index contributed by atoms with van der Waals surface area (Å²) in [5.41, 5.74) is 5.33. The highest BCUT2D eigenvalue weighted by Crippen LogP contribution is 1.92. The first kappa shape index (κ1) is 11.9. The lowest BCUT2D eigenvalue weighted by Crippen LogP contribution is -2.44. The van der Waals surface area contributed by atoms with E-state index in [1.165, 1.54) is 6.08 Å². The van der Waals surface area contributed by atoms with Gasteiger partial charge in [-0.1, -0.05) is 18.2 Å². The predicted molar refractivity (Wildman–Crippen MR) is 55.2 cm³/mol. The van der Waals surface area contributed by atoms with Crippen LogP contribution in [0.2, 0.25) is 0 Å². The van der Waals surface area contributed by atoms with Gasteiger partial charge in [0.05, 0.1) is 0 Å². The number of hydrogen-bond acceptors (Lipinski definition) is 2. The Kier molecular flexibility index (Phi) is 5.07. The molecule has 0 heterocycles. The molecule has 0 rings (SSSR count). The highest BCUT2D eigenvalue weighted by Gasteiger charge is 2.10. The number of carbonyl (C=O) groups excluding carboxylic acids is 1. The molecule has 3 heteroatoms. The number of nitrogens with two attached hydrogens (primary N) is 1. The van der Waals surface area contributed by atoms with Crippen molar-refractivity contribution >= 4 is 5.91 Å². The van der Waals surface area contributed by atoms with Gasteiger partial charge in [-0.2, -0.15) is 0 Å². The molecule has 0 aromatic heterocycles. The van der Waals surface area contributed by atoms with E-state index >= 15 is 0 Å². The molecule has 74 valence electrons. The van der Waals surface area contributed by atoms with E-state index in [0.717, 1.165) is 0 Å². The lowest BCUT2D eigenvalue weighted by atomic mass is 10.1. The molecule has 3 N–H and O–H groups in total. The first-order chi connectivity index (χ1) is 5.95. The molecule has 0 bridgehead atoms. The van der Waals surface area contributed by atoms with E-state index in [2.05, 4.69) is 5.32 Å². The average molecular weight is 182 g/mol. The monoisotopic (exact) mass is 182 g/mol. The third kappa shape index (κ3) is 8.82. The normalized spacial score (nSPS) is 12.6. The second kappa shape index (κ2) is 5.54. The lowest BCUT2D eigenvalue weighted by Gasteiger charge is -2.17. The zero-order valence-electron chi connectivity index (χ0n) is 8.50. The molecule has 0 aliphatic heterocycles. The standard InChI is InChI=1S/C10H18N2O/c1-4-5-6-7-9(13)12-8-10(2,3)11/h4-7H,8,11H2,1-3H3,(H,12,13)/b5-4+,7-6?. The molecule has 1 amide bonds. The van der Waals surface area contributed by atoms with Crippen LogP contribution in [0.3, 0.4) is 0 Å². The van der Waals surface area contributed by atoms with Crippen LogP contribution in [0.5, 0.6) is 0 Å². The van der Waals surface area contributed by atoms with Gasteiger partial charge < -0.3 is 11.1 Å². The maximum Gasteiger partial charge on any atom is 0.244 e. The molecule has 3 nitrogen and oxygen atoms in total. The average Bonchev–Trinajstić information content (AvgIpc) is 2.00. The molecule has 0 aromatic rings. The third-order valence-electron chi connectivity index (χ3n) is 1.27. The molecule has 0 spiro atoms. The largest absolute Gasteiger partial charge is 0.351 e. The molecule has 0 fully saturated rings. The summed E-state index contributed by atoms with van der Waals surface area (Å²) in [7, 11) is 0. The maximum atomic E-state index is 11.1. The molecule has 0 saturated carbocycles. The quantitative estimate of drug-likeness (QED) is 0.503. The Morgan fingerprint density at radius 3 is 2.54 bits per heavy atom. The number of rotatable bonds is 4. The Bertz CT molecular complexity index is 211. The van der Waals surface area contributed by atoms with Crippen LogP contribution in [-0.2, 0) is 4.79 Å². The summed E-state index contributed by atoms with van der Waals surface area (Å²) in [5, 5.41) is 2.70.